The highest BCUT2D eigenvalue weighted by atomic mass is 35.5. The maximum absolute atomic E-state index is 12.4. The van der Waals surface area contributed by atoms with E-state index in [-0.39, 0.29) is 11.7 Å². The molecule has 0 aromatic heterocycles. The Balaban J connectivity index is 2.08. The molecule has 1 saturated heterocycles. The summed E-state index contributed by atoms with van der Waals surface area (Å²) >= 11 is 5.78. The Morgan fingerprint density at radius 1 is 1.53 bits per heavy atom. The molecule has 2 rings (SSSR count). The third-order valence-corrected chi connectivity index (χ3v) is 4.00. The zero-order chi connectivity index (χ0) is 13.8. The van der Waals surface area contributed by atoms with Gasteiger partial charge in [0.15, 0.2) is 0 Å². The number of amides is 1. The van der Waals surface area contributed by atoms with E-state index >= 15 is 0 Å². The molecular weight excluding hydrogens is 262 g/mol. The first-order valence-electron chi connectivity index (χ1n) is 6.76. The maximum Gasteiger partial charge on any atom is 0.253 e. The number of nitrogens with zero attached hydrogens (tertiary/aromatic N) is 1. The number of rotatable bonds is 3. The van der Waals surface area contributed by atoms with Crippen LogP contribution in [0.5, 0.6) is 5.75 Å². The van der Waals surface area contributed by atoms with Crippen molar-refractivity contribution in [1.29, 1.82) is 0 Å². The van der Waals surface area contributed by atoms with Crippen molar-refractivity contribution in [2.45, 2.75) is 26.2 Å². The van der Waals surface area contributed by atoms with Crippen LogP contribution in [0.2, 0.25) is 0 Å². The zero-order valence-electron chi connectivity index (χ0n) is 11.2. The normalized spacial score (nSPS) is 19.5. The van der Waals surface area contributed by atoms with Gasteiger partial charge in [0.05, 0.1) is 0 Å². The monoisotopic (exact) mass is 281 g/mol. The number of alkyl halides is 1. The minimum atomic E-state index is 0.00886. The number of piperidine rings is 1. The number of phenols is 1. The number of halogens is 1. The van der Waals surface area contributed by atoms with E-state index in [1.807, 2.05) is 11.8 Å². The lowest BCUT2D eigenvalue weighted by atomic mass is 9.95. The highest BCUT2D eigenvalue weighted by Crippen LogP contribution is 2.23. The fraction of sp³-hybridized carbons (Fsp3) is 0.533. The van der Waals surface area contributed by atoms with Crippen LogP contribution in [0.25, 0.3) is 0 Å². The minimum Gasteiger partial charge on any atom is -0.508 e. The van der Waals surface area contributed by atoms with E-state index < -0.39 is 0 Å². The fourth-order valence-electron chi connectivity index (χ4n) is 2.56. The van der Waals surface area contributed by atoms with Crippen molar-refractivity contribution < 1.29 is 9.90 Å². The molecule has 0 radical (unpaired) electrons. The van der Waals surface area contributed by atoms with Gasteiger partial charge in [-0.1, -0.05) is 6.07 Å². The molecule has 19 heavy (non-hydrogen) atoms. The standard InChI is InChI=1S/C15H20ClNO2/c1-11-4-5-13(9-14(11)18)15(19)17-8-2-3-12(10-17)6-7-16/h4-5,9,12,18H,2-3,6-8,10H2,1H3. The van der Waals surface area contributed by atoms with Gasteiger partial charge < -0.3 is 10.0 Å². The van der Waals surface area contributed by atoms with Crippen molar-refractivity contribution in [3.05, 3.63) is 29.3 Å². The van der Waals surface area contributed by atoms with Crippen molar-refractivity contribution in [1.82, 2.24) is 4.90 Å². The molecule has 0 aliphatic carbocycles. The lowest BCUT2D eigenvalue weighted by Gasteiger charge is -2.32. The molecule has 0 spiro atoms. The molecule has 1 aromatic carbocycles. The maximum atomic E-state index is 12.4. The summed E-state index contributed by atoms with van der Waals surface area (Å²) in [6, 6.07) is 5.12. The molecule has 1 aromatic rings. The van der Waals surface area contributed by atoms with Crippen LogP contribution in [0.15, 0.2) is 18.2 Å². The van der Waals surface area contributed by atoms with Gasteiger partial charge in [0.25, 0.3) is 5.91 Å². The number of benzene rings is 1. The summed E-state index contributed by atoms with van der Waals surface area (Å²) in [5, 5.41) is 9.70. The Labute approximate surface area is 119 Å². The molecule has 1 heterocycles. The van der Waals surface area contributed by atoms with Gasteiger partial charge in [0.1, 0.15) is 5.75 Å². The fourth-order valence-corrected chi connectivity index (χ4v) is 2.87. The van der Waals surface area contributed by atoms with E-state index in [4.69, 9.17) is 11.6 Å². The van der Waals surface area contributed by atoms with E-state index in [9.17, 15) is 9.90 Å². The van der Waals surface area contributed by atoms with Gasteiger partial charge in [-0.25, -0.2) is 0 Å². The Kier molecular flexibility index (Phi) is 4.70. The van der Waals surface area contributed by atoms with Gasteiger partial charge in [-0.15, -0.1) is 11.6 Å². The van der Waals surface area contributed by atoms with Gasteiger partial charge in [0.2, 0.25) is 0 Å². The summed E-state index contributed by atoms with van der Waals surface area (Å²) in [6.45, 7) is 3.40. The lowest BCUT2D eigenvalue weighted by molar-refractivity contribution is 0.0671. The molecule has 104 valence electrons. The molecular formula is C15H20ClNO2. The topological polar surface area (TPSA) is 40.5 Å². The van der Waals surface area contributed by atoms with Crippen molar-refractivity contribution in [3.8, 4) is 5.75 Å². The number of phenolic OH excluding ortho intramolecular Hbond substituents is 1. The summed E-state index contributed by atoms with van der Waals surface area (Å²) in [5.41, 5.74) is 1.35. The minimum absolute atomic E-state index is 0.00886. The highest BCUT2D eigenvalue weighted by molar-refractivity contribution is 6.17. The first kappa shape index (κ1) is 14.2. The molecule has 1 fully saturated rings. The van der Waals surface area contributed by atoms with E-state index in [1.165, 1.54) is 0 Å². The largest absolute Gasteiger partial charge is 0.508 e. The highest BCUT2D eigenvalue weighted by Gasteiger charge is 2.24. The quantitative estimate of drug-likeness (QED) is 0.865. The first-order chi connectivity index (χ1) is 9.11. The Bertz CT molecular complexity index is 459. The van der Waals surface area contributed by atoms with Gasteiger partial charge in [-0.2, -0.15) is 0 Å². The van der Waals surface area contributed by atoms with Gasteiger partial charge in [-0.3, -0.25) is 4.79 Å². The van der Waals surface area contributed by atoms with E-state index in [0.717, 1.165) is 37.9 Å². The van der Waals surface area contributed by atoms with Crippen LogP contribution in [-0.2, 0) is 0 Å². The van der Waals surface area contributed by atoms with Crippen LogP contribution < -0.4 is 0 Å². The number of aromatic hydroxyl groups is 1. The third kappa shape index (κ3) is 3.41. The molecule has 1 aliphatic heterocycles. The number of likely N-dealkylation sites (tertiary alicyclic amines) is 1. The second-order valence-corrected chi connectivity index (χ2v) is 5.62. The van der Waals surface area contributed by atoms with E-state index in [0.29, 0.717) is 17.4 Å². The van der Waals surface area contributed by atoms with Gasteiger partial charge >= 0.3 is 0 Å². The van der Waals surface area contributed by atoms with Crippen LogP contribution in [0.4, 0.5) is 0 Å². The van der Waals surface area contributed by atoms with Crippen LogP contribution in [0.3, 0.4) is 0 Å². The molecule has 1 aliphatic rings. The van der Waals surface area contributed by atoms with E-state index in [2.05, 4.69) is 0 Å². The van der Waals surface area contributed by atoms with E-state index in [1.54, 1.807) is 18.2 Å². The molecule has 1 atom stereocenters. The van der Waals surface area contributed by atoms with Crippen LogP contribution in [0.1, 0.15) is 35.2 Å². The number of carbonyl (C=O) groups is 1. The summed E-state index contributed by atoms with van der Waals surface area (Å²) in [6.07, 6.45) is 3.14. The lowest BCUT2D eigenvalue weighted by Crippen LogP contribution is -2.40. The second-order valence-electron chi connectivity index (χ2n) is 5.24. The predicted molar refractivity (Wildman–Crippen MR) is 76.8 cm³/mol. The Morgan fingerprint density at radius 2 is 2.32 bits per heavy atom. The molecule has 1 amide bonds. The van der Waals surface area contributed by atoms with Crippen LogP contribution in [0, 0.1) is 12.8 Å². The van der Waals surface area contributed by atoms with Crippen LogP contribution in [-0.4, -0.2) is 34.9 Å². The third-order valence-electron chi connectivity index (χ3n) is 3.78. The summed E-state index contributed by atoms with van der Waals surface area (Å²) in [7, 11) is 0. The smallest absolute Gasteiger partial charge is 0.253 e. The predicted octanol–water partition coefficient (Wildman–Crippen LogP) is 3.18. The molecule has 0 saturated carbocycles. The average Bonchev–Trinajstić information content (AvgIpc) is 2.42. The molecule has 3 nitrogen and oxygen atoms in total. The number of hydrogen-bond acceptors (Lipinski definition) is 2. The Hall–Kier alpha value is -1.22. The number of hydrogen-bond donors (Lipinski definition) is 1. The summed E-state index contributed by atoms with van der Waals surface area (Å²) in [4.78, 5) is 14.3. The average molecular weight is 282 g/mol. The second kappa shape index (κ2) is 6.29. The Morgan fingerprint density at radius 3 is 3.00 bits per heavy atom. The number of aryl methyl sites for hydroxylation is 1. The SMILES string of the molecule is Cc1ccc(C(=O)N2CCCC(CCCl)C2)cc1O. The van der Waals surface area contributed by atoms with Crippen molar-refractivity contribution in [2.24, 2.45) is 5.92 Å². The van der Waals surface area contributed by atoms with Crippen molar-refractivity contribution in [3.63, 3.8) is 0 Å². The molecule has 1 N–H and O–H groups in total. The van der Waals surface area contributed by atoms with Crippen LogP contribution >= 0.6 is 11.6 Å². The number of carbonyl (C=O) groups excluding carboxylic acids is 1. The molecule has 0 bridgehead atoms. The molecule has 4 heteroatoms. The summed E-state index contributed by atoms with van der Waals surface area (Å²) < 4.78 is 0. The van der Waals surface area contributed by atoms with Gasteiger partial charge in [0, 0.05) is 24.5 Å². The van der Waals surface area contributed by atoms with Crippen molar-refractivity contribution in [2.75, 3.05) is 19.0 Å². The zero-order valence-corrected chi connectivity index (χ0v) is 12.0. The van der Waals surface area contributed by atoms with Crippen molar-refractivity contribution >= 4 is 17.5 Å². The van der Waals surface area contributed by atoms with Gasteiger partial charge in [-0.05, 0) is 49.8 Å². The first-order valence-corrected chi connectivity index (χ1v) is 7.30. The summed E-state index contributed by atoms with van der Waals surface area (Å²) in [5.74, 6) is 1.35. The molecule has 1 unspecified atom stereocenters.